The Morgan fingerprint density at radius 2 is 2.05 bits per heavy atom. The van der Waals surface area contributed by atoms with E-state index in [0.717, 1.165) is 35.7 Å². The molecular weight excluding hydrogens is 262 g/mol. The van der Waals surface area contributed by atoms with Crippen molar-refractivity contribution in [2.75, 3.05) is 0 Å². The van der Waals surface area contributed by atoms with E-state index < -0.39 is 0 Å². The van der Waals surface area contributed by atoms with Crippen molar-refractivity contribution >= 4 is 0 Å². The van der Waals surface area contributed by atoms with Crippen LogP contribution in [-0.2, 0) is 19.6 Å². The van der Waals surface area contributed by atoms with Gasteiger partial charge in [-0.15, -0.1) is 0 Å². The van der Waals surface area contributed by atoms with E-state index in [0.29, 0.717) is 6.61 Å². The van der Waals surface area contributed by atoms with Gasteiger partial charge in [0.05, 0.1) is 11.4 Å². The van der Waals surface area contributed by atoms with Crippen LogP contribution in [0.3, 0.4) is 0 Å². The van der Waals surface area contributed by atoms with E-state index in [1.807, 2.05) is 17.7 Å². The molecule has 0 amide bonds. The van der Waals surface area contributed by atoms with Gasteiger partial charge in [0.15, 0.2) is 0 Å². The summed E-state index contributed by atoms with van der Waals surface area (Å²) in [4.78, 5) is 0. The van der Waals surface area contributed by atoms with E-state index in [9.17, 15) is 0 Å². The highest BCUT2D eigenvalue weighted by molar-refractivity contribution is 5.38. The number of hydrogen-bond donors (Lipinski definition) is 1. The van der Waals surface area contributed by atoms with Gasteiger partial charge in [0, 0.05) is 18.2 Å². The van der Waals surface area contributed by atoms with Gasteiger partial charge in [-0.3, -0.25) is 4.68 Å². The maximum absolute atomic E-state index is 6.04. The van der Waals surface area contributed by atoms with Gasteiger partial charge in [0.25, 0.3) is 0 Å². The fourth-order valence-corrected chi connectivity index (χ4v) is 2.38. The Hall–Kier alpha value is -1.81. The van der Waals surface area contributed by atoms with Gasteiger partial charge in [-0.25, -0.2) is 0 Å². The van der Waals surface area contributed by atoms with Gasteiger partial charge in [-0.05, 0) is 39.3 Å². The minimum atomic E-state index is -0.0396. The van der Waals surface area contributed by atoms with Crippen molar-refractivity contribution in [2.45, 2.75) is 53.3 Å². The molecule has 1 aromatic heterocycles. The van der Waals surface area contributed by atoms with E-state index in [2.05, 4.69) is 44.1 Å². The topological polar surface area (TPSA) is 53.1 Å². The van der Waals surface area contributed by atoms with Crippen molar-refractivity contribution in [3.63, 3.8) is 0 Å². The first kappa shape index (κ1) is 15.6. The van der Waals surface area contributed by atoms with Crippen LogP contribution in [0.4, 0.5) is 0 Å². The van der Waals surface area contributed by atoms with Crippen LogP contribution in [0, 0.1) is 6.92 Å². The second-order valence-corrected chi connectivity index (χ2v) is 5.41. The number of nitrogens with zero attached hydrogens (tertiary/aromatic N) is 2. The zero-order valence-corrected chi connectivity index (χ0v) is 13.4. The zero-order valence-electron chi connectivity index (χ0n) is 13.4. The Morgan fingerprint density at radius 1 is 1.29 bits per heavy atom. The number of ether oxygens (including phenoxy) is 1. The minimum Gasteiger partial charge on any atom is -0.487 e. The first-order chi connectivity index (χ1) is 10.0. The maximum atomic E-state index is 6.04. The van der Waals surface area contributed by atoms with Crippen LogP contribution in [0.15, 0.2) is 24.3 Å². The molecule has 2 N–H and O–H groups in total. The van der Waals surface area contributed by atoms with Gasteiger partial charge in [-0.2, -0.15) is 5.10 Å². The fraction of sp³-hybridized carbons (Fsp3) is 0.471. The molecule has 0 bridgehead atoms. The summed E-state index contributed by atoms with van der Waals surface area (Å²) in [5, 5.41) is 4.54. The molecule has 0 radical (unpaired) electrons. The normalized spacial score (nSPS) is 12.4. The van der Waals surface area contributed by atoms with Crippen molar-refractivity contribution in [1.29, 1.82) is 0 Å². The molecule has 2 aromatic rings. The van der Waals surface area contributed by atoms with Crippen molar-refractivity contribution < 1.29 is 4.74 Å². The van der Waals surface area contributed by atoms with Crippen molar-refractivity contribution in [1.82, 2.24) is 9.78 Å². The van der Waals surface area contributed by atoms with Crippen LogP contribution in [0.2, 0.25) is 0 Å². The van der Waals surface area contributed by atoms with Gasteiger partial charge in [0.2, 0.25) is 0 Å². The molecule has 1 aromatic carbocycles. The number of aryl methyl sites for hydroxylation is 3. The second kappa shape index (κ2) is 6.76. The summed E-state index contributed by atoms with van der Waals surface area (Å²) in [7, 11) is 0. The Balaban J connectivity index is 2.18. The molecule has 4 nitrogen and oxygen atoms in total. The van der Waals surface area contributed by atoms with E-state index in [1.165, 1.54) is 5.56 Å². The van der Waals surface area contributed by atoms with Crippen LogP contribution >= 0.6 is 0 Å². The Labute approximate surface area is 126 Å². The minimum absolute atomic E-state index is 0.0396. The number of rotatable bonds is 6. The van der Waals surface area contributed by atoms with Crippen LogP contribution in [-0.4, -0.2) is 9.78 Å². The molecule has 0 unspecified atom stereocenters. The molecule has 0 fully saturated rings. The molecule has 0 aliphatic carbocycles. The number of nitrogens with two attached hydrogens (primary N) is 1. The summed E-state index contributed by atoms with van der Waals surface area (Å²) >= 11 is 0. The molecule has 0 aliphatic heterocycles. The smallest absolute Gasteiger partial charge is 0.130 e. The summed E-state index contributed by atoms with van der Waals surface area (Å²) in [6.45, 7) is 9.62. The van der Waals surface area contributed by atoms with Crippen LogP contribution in [0.1, 0.15) is 49.3 Å². The van der Waals surface area contributed by atoms with Gasteiger partial charge < -0.3 is 10.5 Å². The average Bonchev–Trinajstić information content (AvgIpc) is 2.88. The van der Waals surface area contributed by atoms with E-state index in [-0.39, 0.29) is 6.04 Å². The number of aromatic nitrogens is 2. The lowest BCUT2D eigenvalue weighted by atomic mass is 10.1. The molecule has 0 spiro atoms. The molecule has 0 aliphatic rings. The largest absolute Gasteiger partial charge is 0.487 e. The quantitative estimate of drug-likeness (QED) is 0.886. The molecule has 4 heteroatoms. The summed E-state index contributed by atoms with van der Waals surface area (Å²) in [5.74, 6) is 0.859. The van der Waals surface area contributed by atoms with Gasteiger partial charge >= 0.3 is 0 Å². The summed E-state index contributed by atoms with van der Waals surface area (Å²) in [6, 6.07) is 8.22. The Bertz CT molecular complexity index is 602. The van der Waals surface area contributed by atoms with Gasteiger partial charge in [-0.1, -0.05) is 24.6 Å². The predicted molar refractivity (Wildman–Crippen MR) is 85.4 cm³/mol. The average molecular weight is 287 g/mol. The maximum Gasteiger partial charge on any atom is 0.130 e. The van der Waals surface area contributed by atoms with E-state index in [4.69, 9.17) is 10.5 Å². The third-order valence-corrected chi connectivity index (χ3v) is 3.61. The molecule has 1 atom stereocenters. The molecule has 0 saturated heterocycles. The number of hydrogen-bond acceptors (Lipinski definition) is 3. The summed E-state index contributed by atoms with van der Waals surface area (Å²) in [5.41, 5.74) is 10.5. The highest BCUT2D eigenvalue weighted by Crippen LogP contribution is 2.26. The standard InChI is InChI=1S/C17H25N3O/c1-5-14-10-15(20(6-2)19-14)11-21-17-8-7-12(3)9-16(17)13(4)18/h7-10,13H,5-6,11,18H2,1-4H3/t13-/m0/s1. The first-order valence-electron chi connectivity index (χ1n) is 7.59. The molecule has 1 heterocycles. The Kier molecular flexibility index (Phi) is 5.02. The summed E-state index contributed by atoms with van der Waals surface area (Å²) < 4.78 is 8.00. The first-order valence-corrected chi connectivity index (χ1v) is 7.59. The van der Waals surface area contributed by atoms with Crippen molar-refractivity contribution in [2.24, 2.45) is 5.73 Å². The van der Waals surface area contributed by atoms with Crippen LogP contribution in [0.25, 0.3) is 0 Å². The SMILES string of the molecule is CCc1cc(COc2ccc(C)cc2[C@H](C)N)n(CC)n1. The molecular formula is C17H25N3O. The molecule has 114 valence electrons. The lowest BCUT2D eigenvalue weighted by Gasteiger charge is -2.15. The monoisotopic (exact) mass is 287 g/mol. The third-order valence-electron chi connectivity index (χ3n) is 3.61. The lowest BCUT2D eigenvalue weighted by Crippen LogP contribution is -2.10. The lowest BCUT2D eigenvalue weighted by molar-refractivity contribution is 0.288. The highest BCUT2D eigenvalue weighted by atomic mass is 16.5. The summed E-state index contributed by atoms with van der Waals surface area (Å²) in [6.07, 6.45) is 0.940. The van der Waals surface area contributed by atoms with Gasteiger partial charge in [0.1, 0.15) is 12.4 Å². The van der Waals surface area contributed by atoms with Crippen molar-refractivity contribution in [3.8, 4) is 5.75 Å². The van der Waals surface area contributed by atoms with Crippen LogP contribution < -0.4 is 10.5 Å². The van der Waals surface area contributed by atoms with E-state index in [1.54, 1.807) is 0 Å². The number of benzene rings is 1. The van der Waals surface area contributed by atoms with E-state index >= 15 is 0 Å². The predicted octanol–water partition coefficient (Wildman–Crippen LogP) is 3.37. The Morgan fingerprint density at radius 3 is 2.67 bits per heavy atom. The fourth-order valence-electron chi connectivity index (χ4n) is 2.38. The third kappa shape index (κ3) is 3.64. The second-order valence-electron chi connectivity index (χ2n) is 5.41. The molecule has 0 saturated carbocycles. The molecule has 2 rings (SSSR count). The molecule has 21 heavy (non-hydrogen) atoms. The van der Waals surface area contributed by atoms with Crippen LogP contribution in [0.5, 0.6) is 5.75 Å². The zero-order chi connectivity index (χ0) is 15.4. The highest BCUT2D eigenvalue weighted by Gasteiger charge is 2.11. The van der Waals surface area contributed by atoms with Crippen molar-refractivity contribution in [3.05, 3.63) is 46.8 Å².